The van der Waals surface area contributed by atoms with Gasteiger partial charge in [-0.15, -0.1) is 6.58 Å². The first-order valence-corrected chi connectivity index (χ1v) is 7.48. The summed E-state index contributed by atoms with van der Waals surface area (Å²) in [6, 6.07) is 3.42. The monoisotopic (exact) mass is 241 g/mol. The molecule has 1 aromatic carbocycles. The Labute approximate surface area is 96.5 Å². The van der Waals surface area contributed by atoms with Crippen molar-refractivity contribution in [2.45, 2.75) is 25.6 Å². The maximum absolute atomic E-state index is 13.5. The van der Waals surface area contributed by atoms with Crippen LogP contribution in [0.1, 0.15) is 18.1 Å². The van der Waals surface area contributed by atoms with Gasteiger partial charge in [0.2, 0.25) is 9.04 Å². The average Bonchev–Trinajstić information content (AvgIpc) is 2.20. The van der Waals surface area contributed by atoms with Crippen molar-refractivity contribution in [3.05, 3.63) is 48.1 Å². The van der Waals surface area contributed by atoms with E-state index in [0.717, 1.165) is 12.1 Å². The summed E-state index contributed by atoms with van der Waals surface area (Å²) in [4.78, 5) is 0. The molecule has 0 spiro atoms. The molecule has 1 aromatic rings. The normalized spacial score (nSPS) is 12.8. The van der Waals surface area contributed by atoms with Gasteiger partial charge in [-0.05, 0) is 37.7 Å². The second-order valence-electron chi connectivity index (χ2n) is 3.70. The Balaban J connectivity index is 2.99. The van der Waals surface area contributed by atoms with Gasteiger partial charge in [0.1, 0.15) is 11.6 Å². The van der Waals surface area contributed by atoms with Crippen LogP contribution in [0.3, 0.4) is 0 Å². The molecular weight excluding hydrogens is 226 g/mol. The molecule has 0 heterocycles. The van der Waals surface area contributed by atoms with Gasteiger partial charge in [-0.2, -0.15) is 0 Å². The van der Waals surface area contributed by atoms with Crippen molar-refractivity contribution in [3.8, 4) is 0 Å². The van der Waals surface area contributed by atoms with Gasteiger partial charge >= 0.3 is 0 Å². The average molecular weight is 241 g/mol. The van der Waals surface area contributed by atoms with Gasteiger partial charge in [0.05, 0.1) is 6.10 Å². The van der Waals surface area contributed by atoms with Crippen LogP contribution in [0.5, 0.6) is 0 Å². The Hall–Kier alpha value is -1.00. The van der Waals surface area contributed by atoms with Crippen LogP contribution in [0.4, 0.5) is 8.78 Å². The van der Waals surface area contributed by atoms with E-state index >= 15 is 0 Å². The standard InChI is InChI=1S/C12H15F2OSi/c1-4-5-12(15-16(2)3)10-8-9(13)6-7-11(10)14/h4,6-8,12H,1,5H2,2-3H3. The van der Waals surface area contributed by atoms with Gasteiger partial charge in [0.15, 0.2) is 0 Å². The fourth-order valence-electron chi connectivity index (χ4n) is 1.44. The summed E-state index contributed by atoms with van der Waals surface area (Å²) in [6.45, 7) is 7.51. The molecule has 0 aliphatic carbocycles. The summed E-state index contributed by atoms with van der Waals surface area (Å²) >= 11 is 0. The molecule has 0 amide bonds. The lowest BCUT2D eigenvalue weighted by Crippen LogP contribution is -2.15. The number of hydrogen-bond acceptors (Lipinski definition) is 1. The van der Waals surface area contributed by atoms with Crippen LogP contribution in [0.2, 0.25) is 13.1 Å². The summed E-state index contributed by atoms with van der Waals surface area (Å²) in [5.41, 5.74) is 0.270. The molecule has 0 fully saturated rings. The zero-order valence-electron chi connectivity index (χ0n) is 9.47. The van der Waals surface area contributed by atoms with E-state index in [1.54, 1.807) is 6.08 Å². The molecule has 1 radical (unpaired) electrons. The van der Waals surface area contributed by atoms with Crippen LogP contribution >= 0.6 is 0 Å². The van der Waals surface area contributed by atoms with Gasteiger partial charge in [-0.1, -0.05) is 6.08 Å². The third-order valence-electron chi connectivity index (χ3n) is 2.06. The first-order chi connectivity index (χ1) is 7.54. The van der Waals surface area contributed by atoms with Gasteiger partial charge in [0, 0.05) is 5.56 Å². The van der Waals surface area contributed by atoms with Crippen LogP contribution in [0, 0.1) is 11.6 Å². The highest BCUT2D eigenvalue weighted by Gasteiger charge is 2.17. The Bertz CT molecular complexity index is 366. The number of halogens is 2. The summed E-state index contributed by atoms with van der Waals surface area (Å²) in [5.74, 6) is -0.883. The lowest BCUT2D eigenvalue weighted by molar-refractivity contribution is 0.207. The molecular formula is C12H15F2OSi. The largest absolute Gasteiger partial charge is 0.410 e. The van der Waals surface area contributed by atoms with Crippen molar-refractivity contribution in [1.82, 2.24) is 0 Å². The first kappa shape index (κ1) is 13.1. The summed E-state index contributed by atoms with van der Waals surface area (Å²) < 4.78 is 32.2. The molecule has 0 saturated carbocycles. The molecule has 0 aliphatic rings. The van der Waals surface area contributed by atoms with E-state index in [-0.39, 0.29) is 5.56 Å². The summed E-state index contributed by atoms with van der Waals surface area (Å²) in [6.07, 6.45) is 1.70. The minimum Gasteiger partial charge on any atom is -0.410 e. The molecule has 0 aliphatic heterocycles. The molecule has 1 nitrogen and oxygen atoms in total. The molecule has 0 bridgehead atoms. The number of rotatable bonds is 5. The van der Waals surface area contributed by atoms with Crippen molar-refractivity contribution >= 4 is 9.04 Å². The number of hydrogen-bond donors (Lipinski definition) is 0. The Morgan fingerprint density at radius 1 is 1.44 bits per heavy atom. The molecule has 1 atom stereocenters. The van der Waals surface area contributed by atoms with Crippen LogP contribution in [-0.4, -0.2) is 9.04 Å². The van der Waals surface area contributed by atoms with Crippen molar-refractivity contribution in [2.75, 3.05) is 0 Å². The lowest BCUT2D eigenvalue weighted by Gasteiger charge is -2.19. The Morgan fingerprint density at radius 3 is 2.69 bits per heavy atom. The highest BCUT2D eigenvalue weighted by atomic mass is 28.3. The SMILES string of the molecule is C=CCC(O[Si](C)C)c1cc(F)ccc1F. The zero-order chi connectivity index (χ0) is 12.1. The first-order valence-electron chi connectivity index (χ1n) is 5.07. The second-order valence-corrected chi connectivity index (χ2v) is 5.76. The highest BCUT2D eigenvalue weighted by molar-refractivity contribution is 6.48. The zero-order valence-corrected chi connectivity index (χ0v) is 10.5. The maximum Gasteiger partial charge on any atom is 0.205 e. The molecule has 4 heteroatoms. The molecule has 16 heavy (non-hydrogen) atoms. The van der Waals surface area contributed by atoms with E-state index < -0.39 is 26.8 Å². The van der Waals surface area contributed by atoms with Crippen LogP contribution in [0.25, 0.3) is 0 Å². The smallest absolute Gasteiger partial charge is 0.205 e. The minimum absolute atomic E-state index is 0.270. The molecule has 0 aromatic heterocycles. The number of benzene rings is 1. The quantitative estimate of drug-likeness (QED) is 0.562. The van der Waals surface area contributed by atoms with Crippen LogP contribution in [-0.2, 0) is 4.43 Å². The predicted molar refractivity (Wildman–Crippen MR) is 62.5 cm³/mol. The van der Waals surface area contributed by atoms with E-state index in [1.165, 1.54) is 6.07 Å². The van der Waals surface area contributed by atoms with Crippen molar-refractivity contribution in [3.63, 3.8) is 0 Å². The lowest BCUT2D eigenvalue weighted by atomic mass is 10.1. The Kier molecular flexibility index (Phi) is 4.83. The highest BCUT2D eigenvalue weighted by Crippen LogP contribution is 2.25. The minimum atomic E-state index is -0.968. The molecule has 0 saturated heterocycles. The van der Waals surface area contributed by atoms with Gasteiger partial charge in [-0.25, -0.2) is 8.78 Å². The molecule has 1 unspecified atom stereocenters. The van der Waals surface area contributed by atoms with Gasteiger partial charge < -0.3 is 4.43 Å². The van der Waals surface area contributed by atoms with Crippen molar-refractivity contribution in [1.29, 1.82) is 0 Å². The predicted octanol–water partition coefficient (Wildman–Crippen LogP) is 3.85. The summed E-state index contributed by atoms with van der Waals surface area (Å²) in [7, 11) is -0.968. The van der Waals surface area contributed by atoms with E-state index in [0.29, 0.717) is 6.42 Å². The molecule has 87 valence electrons. The second kappa shape index (κ2) is 5.91. The molecule has 1 rings (SSSR count). The van der Waals surface area contributed by atoms with E-state index in [2.05, 4.69) is 6.58 Å². The van der Waals surface area contributed by atoms with E-state index in [1.807, 2.05) is 13.1 Å². The topological polar surface area (TPSA) is 9.23 Å². The van der Waals surface area contributed by atoms with Crippen LogP contribution in [0.15, 0.2) is 30.9 Å². The van der Waals surface area contributed by atoms with Gasteiger partial charge in [-0.3, -0.25) is 0 Å². The van der Waals surface area contributed by atoms with Crippen molar-refractivity contribution in [2.24, 2.45) is 0 Å². The third-order valence-corrected chi connectivity index (χ3v) is 2.82. The van der Waals surface area contributed by atoms with Gasteiger partial charge in [0.25, 0.3) is 0 Å². The van der Waals surface area contributed by atoms with E-state index in [4.69, 9.17) is 4.43 Å². The van der Waals surface area contributed by atoms with Crippen LogP contribution < -0.4 is 0 Å². The Morgan fingerprint density at radius 2 is 2.12 bits per heavy atom. The fraction of sp³-hybridized carbons (Fsp3) is 0.333. The third kappa shape index (κ3) is 3.54. The summed E-state index contributed by atoms with van der Waals surface area (Å²) in [5, 5.41) is 0. The maximum atomic E-state index is 13.5. The van der Waals surface area contributed by atoms with Crippen molar-refractivity contribution < 1.29 is 13.2 Å². The molecule has 0 N–H and O–H groups in total. The fourth-order valence-corrected chi connectivity index (χ4v) is 2.23. The van der Waals surface area contributed by atoms with E-state index in [9.17, 15) is 8.78 Å².